The number of benzene rings is 2. The van der Waals surface area contributed by atoms with E-state index in [-0.39, 0.29) is 28.3 Å². The van der Waals surface area contributed by atoms with E-state index in [4.69, 9.17) is 4.74 Å². The van der Waals surface area contributed by atoms with Crippen LogP contribution >= 0.6 is 0 Å². The summed E-state index contributed by atoms with van der Waals surface area (Å²) in [6.07, 6.45) is 0. The first kappa shape index (κ1) is 24.7. The van der Waals surface area contributed by atoms with Gasteiger partial charge in [-0.25, -0.2) is 8.42 Å². The van der Waals surface area contributed by atoms with Crippen molar-refractivity contribution < 1.29 is 17.9 Å². The Morgan fingerprint density at radius 2 is 1.71 bits per heavy atom. The Morgan fingerprint density at radius 1 is 1.06 bits per heavy atom. The monoisotopic (exact) mass is 447 g/mol. The van der Waals surface area contributed by atoms with E-state index >= 15 is 0 Å². The van der Waals surface area contributed by atoms with Crippen LogP contribution in [0.15, 0.2) is 53.4 Å². The summed E-state index contributed by atoms with van der Waals surface area (Å²) in [7, 11) is -2.23. The number of hydrogen-bond donors (Lipinski definition) is 2. The van der Waals surface area contributed by atoms with Crippen LogP contribution in [0.2, 0.25) is 0 Å². The Labute approximate surface area is 185 Å². The lowest BCUT2D eigenvalue weighted by atomic mass is 10.0. The Bertz CT molecular complexity index is 958. The molecule has 0 bridgehead atoms. The van der Waals surface area contributed by atoms with Crippen LogP contribution < -0.4 is 15.4 Å². The van der Waals surface area contributed by atoms with E-state index in [1.807, 2.05) is 30.3 Å². The lowest BCUT2D eigenvalue weighted by molar-refractivity contribution is 0.0947. The topological polar surface area (TPSA) is 87.7 Å². The highest BCUT2D eigenvalue weighted by atomic mass is 32.2. The fourth-order valence-electron chi connectivity index (χ4n) is 3.24. The molecule has 0 aliphatic carbocycles. The molecule has 1 atom stereocenters. The van der Waals surface area contributed by atoms with E-state index < -0.39 is 10.0 Å². The number of para-hydroxylation sites is 1. The maximum atomic E-state index is 13.0. The zero-order chi connectivity index (χ0) is 23.0. The minimum Gasteiger partial charge on any atom is -0.496 e. The van der Waals surface area contributed by atoms with Crippen molar-refractivity contribution in [3.63, 3.8) is 0 Å². The number of ether oxygens (including phenoxy) is 1. The molecule has 2 aromatic carbocycles. The van der Waals surface area contributed by atoms with Crippen LogP contribution in [0.5, 0.6) is 5.75 Å². The maximum Gasteiger partial charge on any atom is 0.255 e. The number of methoxy groups -OCH3 is 1. The largest absolute Gasteiger partial charge is 0.496 e. The first-order valence-electron chi connectivity index (χ1n) is 10.5. The number of nitrogens with one attached hydrogen (secondary N) is 2. The highest BCUT2D eigenvalue weighted by Crippen LogP contribution is 2.25. The second-order valence-electron chi connectivity index (χ2n) is 7.52. The van der Waals surface area contributed by atoms with Gasteiger partial charge in [0.05, 0.1) is 17.6 Å². The molecule has 0 spiro atoms. The normalized spacial score (nSPS) is 12.6. The van der Waals surface area contributed by atoms with E-state index in [0.29, 0.717) is 25.4 Å². The molecule has 0 aliphatic rings. The fourth-order valence-corrected chi connectivity index (χ4v) is 4.72. The molecule has 0 heterocycles. The maximum absolute atomic E-state index is 13.0. The highest BCUT2D eigenvalue weighted by molar-refractivity contribution is 7.89. The quantitative estimate of drug-likeness (QED) is 0.550. The Balaban J connectivity index is 2.23. The van der Waals surface area contributed by atoms with Gasteiger partial charge < -0.3 is 15.4 Å². The SMILES string of the molecule is CCN(CC)S(=O)(=O)c1ccc(OC)c(C(=O)NCC(Nc2ccccc2)C(C)C)c1. The van der Waals surface area contributed by atoms with Crippen molar-refractivity contribution in [2.75, 3.05) is 32.1 Å². The van der Waals surface area contributed by atoms with Gasteiger partial charge in [-0.05, 0) is 36.2 Å². The number of nitrogens with zero attached hydrogens (tertiary/aromatic N) is 1. The lowest BCUT2D eigenvalue weighted by Crippen LogP contribution is -2.39. The summed E-state index contributed by atoms with van der Waals surface area (Å²) in [6, 6.07) is 14.2. The molecule has 2 rings (SSSR count). The average Bonchev–Trinajstić information content (AvgIpc) is 2.77. The van der Waals surface area contributed by atoms with Gasteiger partial charge in [0.1, 0.15) is 5.75 Å². The summed E-state index contributed by atoms with van der Waals surface area (Å²) in [5, 5.41) is 6.35. The predicted octanol–water partition coefficient (Wildman–Crippen LogP) is 3.59. The molecule has 0 aromatic heterocycles. The van der Waals surface area contributed by atoms with Crippen molar-refractivity contribution in [1.29, 1.82) is 0 Å². The standard InChI is InChI=1S/C23H33N3O4S/c1-6-26(7-2)31(28,29)19-13-14-22(30-5)20(15-19)23(27)24-16-21(17(3)4)25-18-11-9-8-10-12-18/h8-15,17,21,25H,6-7,16H2,1-5H3,(H,24,27). The second-order valence-corrected chi connectivity index (χ2v) is 9.46. The van der Waals surface area contributed by atoms with Gasteiger partial charge in [-0.3, -0.25) is 4.79 Å². The molecule has 8 heteroatoms. The first-order chi connectivity index (χ1) is 14.7. The molecule has 1 amide bonds. The van der Waals surface area contributed by atoms with E-state index in [1.54, 1.807) is 13.8 Å². The van der Waals surface area contributed by atoms with Gasteiger partial charge in [0.2, 0.25) is 10.0 Å². The molecule has 170 valence electrons. The van der Waals surface area contributed by atoms with Crippen LogP contribution in [-0.4, -0.2) is 51.4 Å². The predicted molar refractivity (Wildman–Crippen MR) is 124 cm³/mol. The van der Waals surface area contributed by atoms with Crippen molar-refractivity contribution in [2.45, 2.75) is 38.6 Å². The van der Waals surface area contributed by atoms with Gasteiger partial charge in [0, 0.05) is 31.4 Å². The zero-order valence-electron chi connectivity index (χ0n) is 18.9. The number of anilines is 1. The van der Waals surface area contributed by atoms with Crippen molar-refractivity contribution >= 4 is 21.6 Å². The molecule has 0 saturated carbocycles. The summed E-state index contributed by atoms with van der Waals surface area (Å²) in [6.45, 7) is 8.80. The molecule has 31 heavy (non-hydrogen) atoms. The Morgan fingerprint density at radius 3 is 2.26 bits per heavy atom. The van der Waals surface area contributed by atoms with Crippen molar-refractivity contribution in [3.8, 4) is 5.75 Å². The Kier molecular flexibility index (Phi) is 8.88. The zero-order valence-corrected chi connectivity index (χ0v) is 19.7. The third-order valence-corrected chi connectivity index (χ3v) is 7.22. The van der Waals surface area contributed by atoms with Crippen molar-refractivity contribution in [1.82, 2.24) is 9.62 Å². The molecule has 7 nitrogen and oxygen atoms in total. The molecule has 0 radical (unpaired) electrons. The van der Waals surface area contributed by atoms with Gasteiger partial charge in [-0.1, -0.05) is 45.9 Å². The third-order valence-electron chi connectivity index (χ3n) is 5.17. The van der Waals surface area contributed by atoms with Crippen LogP contribution in [-0.2, 0) is 10.0 Å². The number of amides is 1. The number of carbonyl (C=O) groups excluding carboxylic acids is 1. The van der Waals surface area contributed by atoms with E-state index in [0.717, 1.165) is 5.69 Å². The minimum absolute atomic E-state index is 0.0000606. The third kappa shape index (κ3) is 6.21. The molecular weight excluding hydrogens is 414 g/mol. The van der Waals surface area contributed by atoms with Crippen LogP contribution in [0.4, 0.5) is 5.69 Å². The van der Waals surface area contributed by atoms with Crippen LogP contribution in [0.3, 0.4) is 0 Å². The van der Waals surface area contributed by atoms with Gasteiger partial charge in [0.25, 0.3) is 5.91 Å². The van der Waals surface area contributed by atoms with Gasteiger partial charge >= 0.3 is 0 Å². The van der Waals surface area contributed by atoms with Crippen LogP contribution in [0.1, 0.15) is 38.1 Å². The Hall–Kier alpha value is -2.58. The molecule has 2 aromatic rings. The van der Waals surface area contributed by atoms with Gasteiger partial charge in [-0.2, -0.15) is 4.31 Å². The number of hydrogen-bond acceptors (Lipinski definition) is 5. The summed E-state index contributed by atoms with van der Waals surface area (Å²) in [5.74, 6) is 0.207. The number of rotatable bonds is 11. The highest BCUT2D eigenvalue weighted by Gasteiger charge is 2.25. The van der Waals surface area contributed by atoms with Gasteiger partial charge in [-0.15, -0.1) is 0 Å². The number of carbonyl (C=O) groups is 1. The van der Waals surface area contributed by atoms with Crippen LogP contribution in [0, 0.1) is 5.92 Å². The van der Waals surface area contributed by atoms with Crippen molar-refractivity contribution in [3.05, 3.63) is 54.1 Å². The molecule has 0 aliphatic heterocycles. The summed E-state index contributed by atoms with van der Waals surface area (Å²) in [5.41, 5.74) is 1.17. The number of sulfonamides is 1. The van der Waals surface area contributed by atoms with E-state index in [1.165, 1.54) is 29.6 Å². The fraction of sp³-hybridized carbons (Fsp3) is 0.435. The average molecular weight is 448 g/mol. The minimum atomic E-state index is -3.68. The van der Waals surface area contributed by atoms with Crippen LogP contribution in [0.25, 0.3) is 0 Å². The molecular formula is C23H33N3O4S. The van der Waals surface area contributed by atoms with Crippen molar-refractivity contribution in [2.24, 2.45) is 5.92 Å². The second kappa shape index (κ2) is 11.2. The molecule has 2 N–H and O–H groups in total. The summed E-state index contributed by atoms with van der Waals surface area (Å²) < 4.78 is 32.4. The summed E-state index contributed by atoms with van der Waals surface area (Å²) >= 11 is 0. The summed E-state index contributed by atoms with van der Waals surface area (Å²) in [4.78, 5) is 13.0. The lowest BCUT2D eigenvalue weighted by Gasteiger charge is -2.24. The molecule has 1 unspecified atom stereocenters. The van der Waals surface area contributed by atoms with E-state index in [9.17, 15) is 13.2 Å². The van der Waals surface area contributed by atoms with Gasteiger partial charge in [0.15, 0.2) is 0 Å². The molecule has 0 saturated heterocycles. The molecule has 0 fully saturated rings. The smallest absolute Gasteiger partial charge is 0.255 e. The van der Waals surface area contributed by atoms with E-state index in [2.05, 4.69) is 24.5 Å². The first-order valence-corrected chi connectivity index (χ1v) is 12.0.